The van der Waals surface area contributed by atoms with Gasteiger partial charge in [0.05, 0.1) is 35.3 Å². The Balaban J connectivity index is 1.76. The molecule has 38 heavy (non-hydrogen) atoms. The number of nitrogens with two attached hydrogens (primary N) is 1. The van der Waals surface area contributed by atoms with Crippen molar-refractivity contribution in [1.29, 1.82) is 0 Å². The number of aryl methyl sites for hydroxylation is 1. The molecule has 3 aliphatic rings. The van der Waals surface area contributed by atoms with E-state index in [9.17, 15) is 22.4 Å². The predicted octanol–water partition coefficient (Wildman–Crippen LogP) is 0.883. The number of amides is 1. The number of rotatable bonds is 6. The van der Waals surface area contributed by atoms with Crippen LogP contribution in [0, 0.1) is 17.6 Å². The number of carbonyl (C=O) groups is 1. The second kappa shape index (κ2) is 9.52. The molecule has 4 N–H and O–H groups in total. The zero-order chi connectivity index (χ0) is 27.4. The van der Waals surface area contributed by atoms with E-state index in [4.69, 9.17) is 5.73 Å². The van der Waals surface area contributed by atoms with Crippen LogP contribution < -0.4 is 26.8 Å². The largest absolute Gasteiger partial charge is 0.384 e. The summed E-state index contributed by atoms with van der Waals surface area (Å²) in [5.74, 6) is -2.47. The molecule has 0 radical (unpaired) electrons. The van der Waals surface area contributed by atoms with Crippen molar-refractivity contribution in [1.82, 2.24) is 15.2 Å². The van der Waals surface area contributed by atoms with Crippen molar-refractivity contribution in [2.45, 2.75) is 6.04 Å². The highest BCUT2D eigenvalue weighted by molar-refractivity contribution is 7.91. The number of anilines is 1. The lowest BCUT2D eigenvalue weighted by Crippen LogP contribution is -2.50. The Kier molecular flexibility index (Phi) is 6.48. The Morgan fingerprint density at radius 3 is 2.71 bits per heavy atom. The maximum atomic E-state index is 15.1. The number of hydrogen-bond donors (Lipinski definition) is 3. The van der Waals surface area contributed by atoms with Crippen molar-refractivity contribution < 1.29 is 22.0 Å². The molecule has 0 fully saturated rings. The molecule has 0 saturated heterocycles. The van der Waals surface area contributed by atoms with Gasteiger partial charge in [-0.05, 0) is 41.0 Å². The molecule has 1 aliphatic carbocycles. The summed E-state index contributed by atoms with van der Waals surface area (Å²) < 4.78 is 55.0. The van der Waals surface area contributed by atoms with Crippen molar-refractivity contribution in [3.8, 4) is 0 Å². The Morgan fingerprint density at radius 2 is 2.03 bits per heavy atom. The van der Waals surface area contributed by atoms with Crippen LogP contribution in [0.4, 0.5) is 14.5 Å². The van der Waals surface area contributed by atoms with Gasteiger partial charge in [-0.3, -0.25) is 9.59 Å². The zero-order valence-electron chi connectivity index (χ0n) is 20.8. The third kappa shape index (κ3) is 4.54. The maximum Gasteiger partial charge on any atom is 0.260 e. The SMILES string of the molecule is Cn1ccc2c(c1=O)C1=C3C(=CN(c4ccc(F)cc4F)C3C(CNC(=O)CN)CN1)C=C2CS(C)(=O)=O. The van der Waals surface area contributed by atoms with Gasteiger partial charge in [0, 0.05) is 56.3 Å². The monoisotopic (exact) mass is 543 g/mol. The normalized spacial score (nSPS) is 20.2. The summed E-state index contributed by atoms with van der Waals surface area (Å²) in [4.78, 5) is 27.1. The van der Waals surface area contributed by atoms with Gasteiger partial charge in [0.15, 0.2) is 9.84 Å². The lowest BCUT2D eigenvalue weighted by molar-refractivity contribution is -0.119. The van der Waals surface area contributed by atoms with Crippen LogP contribution in [0.2, 0.25) is 0 Å². The number of halogens is 2. The van der Waals surface area contributed by atoms with Crippen LogP contribution in [0.3, 0.4) is 0 Å². The molecule has 0 bridgehead atoms. The number of pyridine rings is 1. The highest BCUT2D eigenvalue weighted by Crippen LogP contribution is 2.46. The van der Waals surface area contributed by atoms with Gasteiger partial charge in [0.1, 0.15) is 11.6 Å². The van der Waals surface area contributed by atoms with Crippen LogP contribution in [-0.4, -0.2) is 56.6 Å². The molecular formula is C26H27F2N5O4S. The molecule has 12 heteroatoms. The Labute approximate surface area is 218 Å². The molecule has 1 aromatic carbocycles. The van der Waals surface area contributed by atoms with Gasteiger partial charge < -0.3 is 25.8 Å². The summed E-state index contributed by atoms with van der Waals surface area (Å²) in [6.07, 6.45) is 6.09. The van der Waals surface area contributed by atoms with E-state index in [2.05, 4.69) is 10.6 Å². The standard InChI is InChI=1S/C26H27F2N5O4S/c1-32-6-5-18-15(13-38(2,36)37)7-14-12-33(20-4-3-17(27)8-19(20)28)25-16(10-30-21(34)9-29)11-31-24(22(14)25)23(18)26(32)35/h3-8,12,16,25,31H,9-11,13,29H2,1-2H3,(H,30,34). The molecule has 2 unspecified atom stereocenters. The van der Waals surface area contributed by atoms with E-state index in [-0.39, 0.29) is 41.9 Å². The molecule has 1 aromatic heterocycles. The number of allylic oxidation sites excluding steroid dienone is 1. The smallest absolute Gasteiger partial charge is 0.260 e. The topological polar surface area (TPSA) is 127 Å². The summed E-state index contributed by atoms with van der Waals surface area (Å²) in [7, 11) is -1.88. The first-order chi connectivity index (χ1) is 18.0. The van der Waals surface area contributed by atoms with Gasteiger partial charge in [-0.15, -0.1) is 0 Å². The van der Waals surface area contributed by atoms with Gasteiger partial charge in [-0.25, -0.2) is 17.2 Å². The molecule has 200 valence electrons. The summed E-state index contributed by atoms with van der Waals surface area (Å²) in [6, 6.07) is 4.44. The molecule has 9 nitrogen and oxygen atoms in total. The maximum absolute atomic E-state index is 15.1. The van der Waals surface area contributed by atoms with Crippen molar-refractivity contribution in [2.24, 2.45) is 18.7 Å². The predicted molar refractivity (Wildman–Crippen MR) is 141 cm³/mol. The number of aromatic nitrogens is 1. The molecule has 2 atom stereocenters. The van der Waals surface area contributed by atoms with E-state index in [1.54, 1.807) is 36.5 Å². The van der Waals surface area contributed by atoms with Crippen LogP contribution in [0.25, 0.3) is 11.3 Å². The van der Waals surface area contributed by atoms with Gasteiger partial charge in [-0.1, -0.05) is 0 Å². The molecule has 5 rings (SSSR count). The lowest BCUT2D eigenvalue weighted by Gasteiger charge is -2.39. The average Bonchev–Trinajstić information content (AvgIpc) is 3.16. The zero-order valence-corrected chi connectivity index (χ0v) is 21.6. The van der Waals surface area contributed by atoms with Crippen LogP contribution in [-0.2, 0) is 21.7 Å². The number of nitrogens with one attached hydrogen (secondary N) is 2. The first-order valence-corrected chi connectivity index (χ1v) is 14.0. The molecule has 2 aliphatic heterocycles. The van der Waals surface area contributed by atoms with Crippen molar-refractivity contribution >= 4 is 32.7 Å². The van der Waals surface area contributed by atoms with E-state index < -0.39 is 27.5 Å². The Morgan fingerprint density at radius 1 is 1.26 bits per heavy atom. The second-order valence-corrected chi connectivity index (χ2v) is 11.9. The van der Waals surface area contributed by atoms with Gasteiger partial charge in [0.2, 0.25) is 5.91 Å². The number of sulfone groups is 1. The molecule has 1 amide bonds. The van der Waals surface area contributed by atoms with E-state index in [0.29, 0.717) is 40.1 Å². The molecular weight excluding hydrogens is 516 g/mol. The van der Waals surface area contributed by atoms with Crippen molar-refractivity contribution in [3.63, 3.8) is 0 Å². The summed E-state index contributed by atoms with van der Waals surface area (Å²) in [5.41, 5.74) is 8.26. The fraction of sp³-hybridized carbons (Fsp3) is 0.308. The third-order valence-electron chi connectivity index (χ3n) is 6.99. The second-order valence-electron chi connectivity index (χ2n) is 9.73. The van der Waals surface area contributed by atoms with Crippen LogP contribution >= 0.6 is 0 Å². The highest BCUT2D eigenvalue weighted by Gasteiger charge is 2.44. The highest BCUT2D eigenvalue weighted by atomic mass is 32.2. The first kappa shape index (κ1) is 25.9. The van der Waals surface area contributed by atoms with E-state index >= 15 is 4.39 Å². The molecule has 3 heterocycles. The van der Waals surface area contributed by atoms with Crippen molar-refractivity contribution in [2.75, 3.05) is 36.5 Å². The fourth-order valence-corrected chi connectivity index (χ4v) is 6.16. The van der Waals surface area contributed by atoms with Crippen LogP contribution in [0.5, 0.6) is 0 Å². The number of benzene rings is 1. The third-order valence-corrected chi connectivity index (χ3v) is 7.82. The van der Waals surface area contributed by atoms with Crippen LogP contribution in [0.1, 0.15) is 11.1 Å². The number of fused-ring (bicyclic) bond motifs is 2. The van der Waals surface area contributed by atoms with E-state index in [1.807, 2.05) is 0 Å². The number of nitrogens with zero attached hydrogens (tertiary/aromatic N) is 2. The van der Waals surface area contributed by atoms with Gasteiger partial charge in [-0.2, -0.15) is 0 Å². The minimum absolute atomic E-state index is 0.111. The van der Waals surface area contributed by atoms with E-state index in [1.165, 1.54) is 10.6 Å². The summed E-state index contributed by atoms with van der Waals surface area (Å²) in [6.45, 7) is 0.317. The van der Waals surface area contributed by atoms with E-state index in [0.717, 1.165) is 18.4 Å². The number of carbonyl (C=O) groups excluding carboxylic acids is 1. The summed E-state index contributed by atoms with van der Waals surface area (Å²) in [5, 5.41) is 6.12. The van der Waals surface area contributed by atoms with Crippen LogP contribution in [0.15, 0.2) is 58.7 Å². The Bertz CT molecular complexity index is 1610. The molecule has 2 aromatic rings. The quantitative estimate of drug-likeness (QED) is 0.494. The molecule has 0 spiro atoms. The first-order valence-electron chi connectivity index (χ1n) is 12.0. The summed E-state index contributed by atoms with van der Waals surface area (Å²) >= 11 is 0. The number of hydrogen-bond acceptors (Lipinski definition) is 7. The minimum Gasteiger partial charge on any atom is -0.384 e. The lowest BCUT2D eigenvalue weighted by atomic mass is 9.84. The average molecular weight is 544 g/mol. The van der Waals surface area contributed by atoms with Crippen molar-refractivity contribution in [3.05, 3.63) is 87.0 Å². The minimum atomic E-state index is -3.48. The van der Waals surface area contributed by atoms with Gasteiger partial charge >= 0.3 is 0 Å². The fourth-order valence-electron chi connectivity index (χ4n) is 5.36. The Hall–Kier alpha value is -3.77. The molecule has 0 saturated carbocycles. The van der Waals surface area contributed by atoms with Gasteiger partial charge in [0.25, 0.3) is 5.56 Å².